The van der Waals surface area contributed by atoms with Gasteiger partial charge in [0.2, 0.25) is 0 Å². The van der Waals surface area contributed by atoms with E-state index in [1.54, 1.807) is 12.3 Å². The first-order chi connectivity index (χ1) is 4.34. The third-order valence-electron chi connectivity index (χ3n) is 1.16. The highest BCUT2D eigenvalue weighted by atomic mass is 35.5. The number of hydrogen-bond donors (Lipinski definition) is 2. The number of rotatable bonds is 2. The molecular weight excluding hydrogens is 152 g/mol. The number of hydrogen-bond acceptors (Lipinski definition) is 3. The van der Waals surface area contributed by atoms with E-state index in [0.717, 1.165) is 5.76 Å². The Hall–Kier alpha value is -0.510. The normalized spacial score (nSPS) is 12.2. The van der Waals surface area contributed by atoms with Crippen LogP contribution in [0, 0.1) is 0 Å². The molecule has 1 aromatic heterocycles. The highest BCUT2D eigenvalue weighted by Gasteiger charge is 2.03. The van der Waals surface area contributed by atoms with E-state index < -0.39 is 0 Å². The van der Waals surface area contributed by atoms with Gasteiger partial charge in [-0.25, -0.2) is 0 Å². The zero-order valence-electron chi connectivity index (χ0n) is 5.49. The molecule has 0 amide bonds. The van der Waals surface area contributed by atoms with Crippen LogP contribution in [0.25, 0.3) is 0 Å². The van der Waals surface area contributed by atoms with Gasteiger partial charge in [-0.15, -0.1) is 12.4 Å². The highest BCUT2D eigenvalue weighted by Crippen LogP contribution is 2.07. The number of halogens is 1. The second kappa shape index (κ2) is 4.33. The van der Waals surface area contributed by atoms with Crippen LogP contribution >= 0.6 is 12.4 Å². The van der Waals surface area contributed by atoms with E-state index in [9.17, 15) is 0 Å². The third kappa shape index (κ3) is 2.02. The van der Waals surface area contributed by atoms with Crippen molar-refractivity contribution in [2.24, 2.45) is 11.5 Å². The first-order valence-corrected chi connectivity index (χ1v) is 2.83. The van der Waals surface area contributed by atoms with Crippen LogP contribution in [0.4, 0.5) is 0 Å². The summed E-state index contributed by atoms with van der Waals surface area (Å²) in [7, 11) is 0. The zero-order valence-corrected chi connectivity index (χ0v) is 6.30. The van der Waals surface area contributed by atoms with E-state index in [-0.39, 0.29) is 18.4 Å². The monoisotopic (exact) mass is 162 g/mol. The maximum Gasteiger partial charge on any atom is 0.121 e. The summed E-state index contributed by atoms with van der Waals surface area (Å²) in [6.45, 7) is 0.424. The topological polar surface area (TPSA) is 65.2 Å². The van der Waals surface area contributed by atoms with Crippen molar-refractivity contribution in [1.82, 2.24) is 0 Å². The summed E-state index contributed by atoms with van der Waals surface area (Å²) >= 11 is 0. The van der Waals surface area contributed by atoms with Gasteiger partial charge in [-0.1, -0.05) is 0 Å². The molecule has 0 bridgehead atoms. The van der Waals surface area contributed by atoms with Crippen molar-refractivity contribution in [3.63, 3.8) is 0 Å². The molecule has 4 N–H and O–H groups in total. The second-order valence-corrected chi connectivity index (χ2v) is 1.86. The molecule has 3 nitrogen and oxygen atoms in total. The highest BCUT2D eigenvalue weighted by molar-refractivity contribution is 5.85. The summed E-state index contributed by atoms with van der Waals surface area (Å²) in [5.41, 5.74) is 10.8. The minimum atomic E-state index is -0.153. The van der Waals surface area contributed by atoms with Crippen LogP contribution in [0.1, 0.15) is 11.8 Å². The average molecular weight is 163 g/mol. The predicted molar refractivity (Wildman–Crippen MR) is 41.9 cm³/mol. The molecule has 1 atom stereocenters. The third-order valence-corrected chi connectivity index (χ3v) is 1.16. The molecule has 58 valence electrons. The van der Waals surface area contributed by atoms with E-state index in [2.05, 4.69) is 0 Å². The molecular formula is C6H11ClN2O. The van der Waals surface area contributed by atoms with Gasteiger partial charge in [-0.3, -0.25) is 0 Å². The van der Waals surface area contributed by atoms with Gasteiger partial charge in [0.05, 0.1) is 12.3 Å². The van der Waals surface area contributed by atoms with Gasteiger partial charge in [0.25, 0.3) is 0 Å². The van der Waals surface area contributed by atoms with Crippen LogP contribution < -0.4 is 11.5 Å². The lowest BCUT2D eigenvalue weighted by molar-refractivity contribution is 0.469. The Labute approximate surface area is 65.8 Å². The Kier molecular flexibility index (Phi) is 4.11. The average Bonchev–Trinajstić information content (AvgIpc) is 2.37. The fourth-order valence-electron chi connectivity index (χ4n) is 0.618. The van der Waals surface area contributed by atoms with Crippen molar-refractivity contribution in [1.29, 1.82) is 0 Å². The molecule has 0 spiro atoms. The fourth-order valence-corrected chi connectivity index (χ4v) is 0.618. The van der Waals surface area contributed by atoms with Gasteiger partial charge < -0.3 is 15.9 Å². The van der Waals surface area contributed by atoms with Crippen LogP contribution in [0.3, 0.4) is 0 Å². The first-order valence-electron chi connectivity index (χ1n) is 2.83. The molecule has 0 aliphatic heterocycles. The Bertz CT molecular complexity index is 164. The maximum absolute atomic E-state index is 5.52. The SMILES string of the molecule is Cl.NC[C@H](N)c1ccco1. The van der Waals surface area contributed by atoms with Crippen molar-refractivity contribution < 1.29 is 4.42 Å². The van der Waals surface area contributed by atoms with E-state index in [1.165, 1.54) is 0 Å². The lowest BCUT2D eigenvalue weighted by Gasteiger charge is -2.01. The van der Waals surface area contributed by atoms with Gasteiger partial charge in [-0.2, -0.15) is 0 Å². The van der Waals surface area contributed by atoms with Gasteiger partial charge in [0.15, 0.2) is 0 Å². The Morgan fingerprint density at radius 1 is 1.60 bits per heavy atom. The Morgan fingerprint density at radius 2 is 2.30 bits per heavy atom. The summed E-state index contributed by atoms with van der Waals surface area (Å²) in [6, 6.07) is 3.46. The molecule has 10 heavy (non-hydrogen) atoms. The van der Waals surface area contributed by atoms with Gasteiger partial charge in [0.1, 0.15) is 5.76 Å². The first kappa shape index (κ1) is 9.49. The minimum Gasteiger partial charge on any atom is -0.468 e. The summed E-state index contributed by atoms with van der Waals surface area (Å²) in [5, 5.41) is 0. The second-order valence-electron chi connectivity index (χ2n) is 1.86. The molecule has 1 heterocycles. The number of furan rings is 1. The fraction of sp³-hybridized carbons (Fsp3) is 0.333. The molecule has 0 aliphatic rings. The van der Waals surface area contributed by atoms with Crippen LogP contribution in [0.5, 0.6) is 0 Å². The Balaban J connectivity index is 0.000000810. The number of nitrogens with two attached hydrogens (primary N) is 2. The lowest BCUT2D eigenvalue weighted by Crippen LogP contribution is -2.19. The summed E-state index contributed by atoms with van der Waals surface area (Å²) in [5.74, 6) is 0.748. The summed E-state index contributed by atoms with van der Waals surface area (Å²) < 4.78 is 4.98. The minimum absolute atomic E-state index is 0. The summed E-state index contributed by atoms with van der Waals surface area (Å²) in [4.78, 5) is 0. The van der Waals surface area contributed by atoms with Crippen molar-refractivity contribution in [3.8, 4) is 0 Å². The van der Waals surface area contributed by atoms with Crippen molar-refractivity contribution in [2.75, 3.05) is 6.54 Å². The van der Waals surface area contributed by atoms with Gasteiger partial charge in [0, 0.05) is 6.54 Å². The van der Waals surface area contributed by atoms with Crippen molar-refractivity contribution in [2.45, 2.75) is 6.04 Å². The summed E-state index contributed by atoms with van der Waals surface area (Å²) in [6.07, 6.45) is 1.59. The molecule has 0 unspecified atom stereocenters. The standard InChI is InChI=1S/C6H10N2O.ClH/c7-4-5(8)6-2-1-3-9-6;/h1-3,5H,4,7-8H2;1H/t5-;/m0./s1. The molecule has 0 saturated carbocycles. The maximum atomic E-state index is 5.52. The van der Waals surface area contributed by atoms with Gasteiger partial charge >= 0.3 is 0 Å². The molecule has 0 aliphatic carbocycles. The molecule has 0 saturated heterocycles. The van der Waals surface area contributed by atoms with Crippen LogP contribution in [-0.4, -0.2) is 6.54 Å². The molecule has 1 rings (SSSR count). The quantitative estimate of drug-likeness (QED) is 0.672. The smallest absolute Gasteiger partial charge is 0.121 e. The predicted octanol–water partition coefficient (Wildman–Crippen LogP) is 0.660. The molecule has 1 aromatic rings. The van der Waals surface area contributed by atoms with Crippen LogP contribution in [0.15, 0.2) is 22.8 Å². The van der Waals surface area contributed by atoms with Crippen LogP contribution in [0.2, 0.25) is 0 Å². The largest absolute Gasteiger partial charge is 0.468 e. The zero-order chi connectivity index (χ0) is 6.69. The Morgan fingerprint density at radius 3 is 2.70 bits per heavy atom. The van der Waals surface area contributed by atoms with Crippen molar-refractivity contribution in [3.05, 3.63) is 24.2 Å². The van der Waals surface area contributed by atoms with Crippen molar-refractivity contribution >= 4 is 12.4 Å². The van der Waals surface area contributed by atoms with Crippen LogP contribution in [-0.2, 0) is 0 Å². The molecule has 0 aromatic carbocycles. The van der Waals surface area contributed by atoms with E-state index >= 15 is 0 Å². The molecule has 0 fully saturated rings. The van der Waals surface area contributed by atoms with Gasteiger partial charge in [-0.05, 0) is 12.1 Å². The van der Waals surface area contributed by atoms with E-state index in [0.29, 0.717) is 6.54 Å². The lowest BCUT2D eigenvalue weighted by atomic mass is 10.2. The van der Waals surface area contributed by atoms with E-state index in [1.807, 2.05) is 6.07 Å². The molecule has 0 radical (unpaired) electrons. The molecule has 4 heteroatoms. The van der Waals surface area contributed by atoms with E-state index in [4.69, 9.17) is 15.9 Å².